The Morgan fingerprint density at radius 2 is 0.691 bits per heavy atom. The lowest BCUT2D eigenvalue weighted by Crippen LogP contribution is -2.49. The fourth-order valence-electron chi connectivity index (χ4n) is 9.63. The van der Waals surface area contributed by atoms with Gasteiger partial charge in [-0.2, -0.15) is 0 Å². The summed E-state index contributed by atoms with van der Waals surface area (Å²) >= 11 is 0. The van der Waals surface area contributed by atoms with Crippen LogP contribution in [0.4, 0.5) is 0 Å². The van der Waals surface area contributed by atoms with E-state index < -0.39 is 8.07 Å². The number of benzene rings is 10. The SMILES string of the molecule is C[Si]1(C)c2ccccc2-c2cc3c(-c4cccc(-c5cccc6ccccc56)c4)c4ccccc4c(-c4cccc(-c5cccc6ccccc56)c4)c3cc21. The number of fused-ring (bicyclic) bond motifs is 7. The Morgan fingerprint density at radius 1 is 0.273 bits per heavy atom. The summed E-state index contributed by atoms with van der Waals surface area (Å²) < 4.78 is 0. The summed E-state index contributed by atoms with van der Waals surface area (Å²) in [4.78, 5) is 0. The molecule has 0 radical (unpaired) electrons. The molecule has 0 saturated heterocycles. The first kappa shape index (κ1) is 31.9. The van der Waals surface area contributed by atoms with E-state index in [0.717, 1.165) is 0 Å². The summed E-state index contributed by atoms with van der Waals surface area (Å²) in [6.45, 7) is 5.06. The second-order valence-electron chi connectivity index (χ2n) is 15.6. The molecular formula is C54H38Si. The highest BCUT2D eigenvalue weighted by Gasteiger charge is 2.38. The maximum Gasteiger partial charge on any atom is 0.113 e. The fourth-order valence-corrected chi connectivity index (χ4v) is 12.7. The van der Waals surface area contributed by atoms with Crippen molar-refractivity contribution in [1.82, 2.24) is 0 Å². The minimum Gasteiger partial charge on any atom is -0.0623 e. The van der Waals surface area contributed by atoms with Gasteiger partial charge in [0.2, 0.25) is 0 Å². The van der Waals surface area contributed by atoms with Crippen LogP contribution in [-0.4, -0.2) is 8.07 Å². The molecule has 0 amide bonds. The van der Waals surface area contributed by atoms with Gasteiger partial charge >= 0.3 is 0 Å². The van der Waals surface area contributed by atoms with E-state index in [1.807, 2.05) is 0 Å². The van der Waals surface area contributed by atoms with Crippen LogP contribution in [0.25, 0.3) is 98.7 Å². The molecule has 0 spiro atoms. The molecule has 0 nitrogen and oxygen atoms in total. The second kappa shape index (κ2) is 12.2. The third-order valence-corrected chi connectivity index (χ3v) is 15.8. The smallest absolute Gasteiger partial charge is 0.0623 e. The third kappa shape index (κ3) is 4.90. The monoisotopic (exact) mass is 714 g/mol. The topological polar surface area (TPSA) is 0 Å². The van der Waals surface area contributed by atoms with Crippen molar-refractivity contribution in [3.63, 3.8) is 0 Å². The van der Waals surface area contributed by atoms with Crippen molar-refractivity contribution in [3.8, 4) is 55.6 Å². The summed E-state index contributed by atoms with van der Waals surface area (Å²) in [5, 5.41) is 13.3. The minimum atomic E-state index is -1.96. The van der Waals surface area contributed by atoms with E-state index in [4.69, 9.17) is 0 Å². The molecule has 0 aliphatic carbocycles. The minimum absolute atomic E-state index is 1.23. The van der Waals surface area contributed by atoms with Crippen molar-refractivity contribution in [1.29, 1.82) is 0 Å². The van der Waals surface area contributed by atoms with Crippen molar-refractivity contribution < 1.29 is 0 Å². The van der Waals surface area contributed by atoms with E-state index in [1.54, 1.807) is 0 Å². The third-order valence-electron chi connectivity index (χ3n) is 12.2. The lowest BCUT2D eigenvalue weighted by Gasteiger charge is -2.23. The fraction of sp³-hybridized carbons (Fsp3) is 0.0370. The summed E-state index contributed by atoms with van der Waals surface area (Å²) in [5.74, 6) is 0. The molecule has 0 bridgehead atoms. The van der Waals surface area contributed by atoms with E-state index in [1.165, 1.54) is 109 Å². The van der Waals surface area contributed by atoms with Gasteiger partial charge in [-0.3, -0.25) is 0 Å². The first-order chi connectivity index (χ1) is 27.0. The van der Waals surface area contributed by atoms with Gasteiger partial charge in [0.05, 0.1) is 0 Å². The van der Waals surface area contributed by atoms with E-state index in [9.17, 15) is 0 Å². The summed E-state index contributed by atoms with van der Waals surface area (Å²) in [7, 11) is -1.96. The Kier molecular flexibility index (Phi) is 7.11. The number of hydrogen-bond acceptors (Lipinski definition) is 0. The van der Waals surface area contributed by atoms with Crippen molar-refractivity contribution in [2.24, 2.45) is 0 Å². The average Bonchev–Trinajstić information content (AvgIpc) is 3.46. The summed E-state index contributed by atoms with van der Waals surface area (Å²) in [6, 6.07) is 72.7. The van der Waals surface area contributed by atoms with Crippen molar-refractivity contribution >= 4 is 61.5 Å². The highest BCUT2D eigenvalue weighted by atomic mass is 28.3. The predicted octanol–water partition coefficient (Wildman–Crippen LogP) is 13.8. The van der Waals surface area contributed by atoms with Gasteiger partial charge in [0.1, 0.15) is 8.07 Å². The Labute approximate surface area is 323 Å². The van der Waals surface area contributed by atoms with E-state index in [0.29, 0.717) is 0 Å². The zero-order valence-electron chi connectivity index (χ0n) is 31.0. The van der Waals surface area contributed by atoms with Gasteiger partial charge in [0.25, 0.3) is 0 Å². The van der Waals surface area contributed by atoms with Crippen LogP contribution >= 0.6 is 0 Å². The van der Waals surface area contributed by atoms with Crippen molar-refractivity contribution in [2.45, 2.75) is 13.1 Å². The van der Waals surface area contributed by atoms with Crippen LogP contribution in [0.3, 0.4) is 0 Å². The molecule has 0 saturated carbocycles. The Balaban J connectivity index is 1.23. The van der Waals surface area contributed by atoms with Crippen molar-refractivity contribution in [2.75, 3.05) is 0 Å². The maximum atomic E-state index is 2.60. The molecule has 1 aliphatic heterocycles. The molecule has 0 fully saturated rings. The summed E-state index contributed by atoms with van der Waals surface area (Å²) in [5.41, 5.74) is 12.9. The van der Waals surface area contributed by atoms with Crippen LogP contribution in [-0.2, 0) is 0 Å². The normalized spacial score (nSPS) is 13.1. The van der Waals surface area contributed by atoms with E-state index in [-0.39, 0.29) is 0 Å². The van der Waals surface area contributed by atoms with Gasteiger partial charge in [-0.15, -0.1) is 0 Å². The van der Waals surface area contributed by atoms with Gasteiger partial charge in [0.15, 0.2) is 0 Å². The predicted molar refractivity (Wildman–Crippen MR) is 240 cm³/mol. The molecule has 1 heteroatoms. The van der Waals surface area contributed by atoms with Crippen LogP contribution in [0.1, 0.15) is 0 Å². The lowest BCUT2D eigenvalue weighted by molar-refractivity contribution is 1.62. The number of hydrogen-bond donors (Lipinski definition) is 0. The van der Waals surface area contributed by atoms with Crippen LogP contribution < -0.4 is 10.4 Å². The standard InChI is InChI=1S/C54H38Si/c1-55(2)51-30-10-9-25-45(51)48-33-49-50(34-52(48)55)54(40-22-12-20-38(32-40)44-29-14-18-36-16-4-6-24-42(36)44)47-27-8-7-26-46(47)53(49)39-21-11-19-37(31-39)43-28-13-17-35-15-3-5-23-41(35)43/h3-34H,1-2H3. The zero-order valence-corrected chi connectivity index (χ0v) is 32.0. The molecule has 10 aromatic rings. The summed E-state index contributed by atoms with van der Waals surface area (Å²) in [6.07, 6.45) is 0. The molecule has 11 rings (SSSR count). The van der Waals surface area contributed by atoms with Crippen LogP contribution in [0.2, 0.25) is 13.1 Å². The first-order valence-electron chi connectivity index (χ1n) is 19.3. The largest absolute Gasteiger partial charge is 0.113 e. The highest BCUT2D eigenvalue weighted by molar-refractivity contribution is 7.04. The first-order valence-corrected chi connectivity index (χ1v) is 22.3. The quantitative estimate of drug-likeness (QED) is 0.126. The molecule has 0 aromatic heterocycles. The zero-order chi connectivity index (χ0) is 36.7. The molecule has 0 atom stereocenters. The van der Waals surface area contributed by atoms with Crippen LogP contribution in [0.5, 0.6) is 0 Å². The van der Waals surface area contributed by atoms with E-state index >= 15 is 0 Å². The van der Waals surface area contributed by atoms with Gasteiger partial charge in [-0.25, -0.2) is 0 Å². The maximum absolute atomic E-state index is 2.60. The van der Waals surface area contributed by atoms with Gasteiger partial charge in [0, 0.05) is 0 Å². The van der Waals surface area contributed by atoms with Crippen molar-refractivity contribution in [3.05, 3.63) is 194 Å². The van der Waals surface area contributed by atoms with Crippen LogP contribution in [0.15, 0.2) is 194 Å². The molecule has 0 N–H and O–H groups in total. The molecule has 258 valence electrons. The lowest BCUT2D eigenvalue weighted by atomic mass is 9.83. The Bertz CT molecular complexity index is 3170. The molecular weight excluding hydrogens is 677 g/mol. The molecule has 55 heavy (non-hydrogen) atoms. The number of rotatable bonds is 4. The van der Waals surface area contributed by atoms with E-state index in [2.05, 4.69) is 207 Å². The Hall–Kier alpha value is -6.54. The molecule has 1 aliphatic rings. The molecule has 1 heterocycles. The van der Waals surface area contributed by atoms with Gasteiger partial charge in [-0.1, -0.05) is 189 Å². The van der Waals surface area contributed by atoms with Gasteiger partial charge in [-0.05, 0) is 127 Å². The molecule has 0 unspecified atom stereocenters. The highest BCUT2D eigenvalue weighted by Crippen LogP contribution is 2.47. The average molecular weight is 715 g/mol. The van der Waals surface area contributed by atoms with Crippen LogP contribution in [0, 0.1) is 0 Å². The Morgan fingerprint density at radius 3 is 1.27 bits per heavy atom. The second-order valence-corrected chi connectivity index (χ2v) is 20.0. The molecule has 10 aromatic carbocycles. The van der Waals surface area contributed by atoms with Gasteiger partial charge < -0.3 is 0 Å².